The largest absolute Gasteiger partial charge is 0.497 e. The van der Waals surface area contributed by atoms with E-state index in [1.165, 1.54) is 38.5 Å². The molecule has 29 heavy (non-hydrogen) atoms. The van der Waals surface area contributed by atoms with E-state index in [-0.39, 0.29) is 11.4 Å². The number of methoxy groups -OCH3 is 1. The Balaban J connectivity index is 1.12. The molecule has 1 amide bonds. The van der Waals surface area contributed by atoms with Crippen LogP contribution in [0.3, 0.4) is 0 Å². The van der Waals surface area contributed by atoms with Crippen molar-refractivity contribution < 1.29 is 9.53 Å². The molecule has 4 nitrogen and oxygen atoms in total. The molecule has 1 aromatic heterocycles. The van der Waals surface area contributed by atoms with E-state index >= 15 is 0 Å². The highest BCUT2D eigenvalue weighted by Crippen LogP contribution is 2.55. The molecule has 154 valence electrons. The fourth-order valence-electron chi connectivity index (χ4n) is 6.08. The molecule has 0 atom stereocenters. The Bertz CT molecular complexity index is 842. The van der Waals surface area contributed by atoms with Gasteiger partial charge in [-0.2, -0.15) is 0 Å². The van der Waals surface area contributed by atoms with Gasteiger partial charge >= 0.3 is 0 Å². The normalized spacial score (nSPS) is 29.8. The van der Waals surface area contributed by atoms with Gasteiger partial charge in [0.25, 0.3) is 0 Å². The van der Waals surface area contributed by atoms with E-state index in [0.717, 1.165) is 45.5 Å². The van der Waals surface area contributed by atoms with Gasteiger partial charge in [-0.1, -0.05) is 0 Å². The first-order valence-electron chi connectivity index (χ1n) is 10.6. The lowest BCUT2D eigenvalue weighted by Crippen LogP contribution is -2.60. The van der Waals surface area contributed by atoms with Crippen LogP contribution in [0.2, 0.25) is 0 Å². The predicted octanol–water partition coefficient (Wildman–Crippen LogP) is 5.14. The van der Waals surface area contributed by atoms with Crippen LogP contribution < -0.4 is 10.1 Å². The zero-order valence-electron chi connectivity index (χ0n) is 16.9. The summed E-state index contributed by atoms with van der Waals surface area (Å²) in [5.74, 6) is 4.95. The van der Waals surface area contributed by atoms with E-state index in [1.807, 2.05) is 24.3 Å². The number of carbonyl (C=O) groups excluding carboxylic acids is 1. The molecule has 1 N–H and O–H groups in total. The van der Waals surface area contributed by atoms with Crippen molar-refractivity contribution in [1.29, 1.82) is 0 Å². The minimum absolute atomic E-state index is 0.120. The number of hydrogen-bond donors (Lipinski definition) is 1. The SMILES string of the molecule is COc1ccc(-c2nc(CSCC(=O)NC34CC5CC(CC(C5)C3)C4)cs2)cc1. The second-order valence-corrected chi connectivity index (χ2v) is 11.0. The number of rotatable bonds is 7. The van der Waals surface area contributed by atoms with Gasteiger partial charge in [0.1, 0.15) is 10.8 Å². The van der Waals surface area contributed by atoms with E-state index in [1.54, 1.807) is 30.2 Å². The number of carbonyl (C=O) groups is 1. The Labute approximate surface area is 180 Å². The van der Waals surface area contributed by atoms with E-state index in [2.05, 4.69) is 10.7 Å². The molecule has 0 spiro atoms. The first-order valence-corrected chi connectivity index (χ1v) is 12.6. The molecule has 0 aliphatic heterocycles. The van der Waals surface area contributed by atoms with Crippen LogP contribution in [0.4, 0.5) is 0 Å². The number of ether oxygens (including phenoxy) is 1. The highest BCUT2D eigenvalue weighted by molar-refractivity contribution is 7.99. The molecular formula is C23H28N2O2S2. The summed E-state index contributed by atoms with van der Waals surface area (Å²) in [7, 11) is 1.67. The lowest BCUT2D eigenvalue weighted by molar-refractivity contribution is -0.124. The van der Waals surface area contributed by atoms with Gasteiger partial charge in [-0.3, -0.25) is 4.79 Å². The first-order chi connectivity index (χ1) is 14.1. The van der Waals surface area contributed by atoms with Gasteiger partial charge in [-0.05, 0) is 80.5 Å². The Kier molecular flexibility index (Phi) is 5.33. The number of amides is 1. The van der Waals surface area contributed by atoms with Gasteiger partial charge in [0.15, 0.2) is 0 Å². The molecule has 1 heterocycles. The Hall–Kier alpha value is -1.53. The number of thioether (sulfide) groups is 1. The average Bonchev–Trinajstić information content (AvgIpc) is 3.15. The second-order valence-electron chi connectivity index (χ2n) is 9.11. The van der Waals surface area contributed by atoms with Crippen molar-refractivity contribution in [2.24, 2.45) is 17.8 Å². The third-order valence-electron chi connectivity index (χ3n) is 6.81. The molecular weight excluding hydrogens is 400 g/mol. The molecule has 0 saturated heterocycles. The predicted molar refractivity (Wildman–Crippen MR) is 119 cm³/mol. The van der Waals surface area contributed by atoms with Crippen LogP contribution in [-0.2, 0) is 10.5 Å². The van der Waals surface area contributed by atoms with E-state index in [0.29, 0.717) is 5.75 Å². The minimum Gasteiger partial charge on any atom is -0.497 e. The summed E-state index contributed by atoms with van der Waals surface area (Å²) in [5.41, 5.74) is 2.27. The summed E-state index contributed by atoms with van der Waals surface area (Å²) in [5, 5.41) is 6.58. The number of nitrogens with one attached hydrogen (secondary N) is 1. The monoisotopic (exact) mass is 428 g/mol. The van der Waals surface area contributed by atoms with Crippen molar-refractivity contribution in [3.05, 3.63) is 35.3 Å². The highest BCUT2D eigenvalue weighted by Gasteiger charge is 2.51. The van der Waals surface area contributed by atoms with E-state index in [9.17, 15) is 4.79 Å². The fraction of sp³-hybridized carbons (Fsp3) is 0.565. The fourth-order valence-corrected chi connectivity index (χ4v) is 7.73. The number of benzene rings is 1. The Morgan fingerprint density at radius 1 is 1.17 bits per heavy atom. The lowest BCUT2D eigenvalue weighted by atomic mass is 9.53. The molecule has 1 aromatic carbocycles. The second kappa shape index (κ2) is 7.95. The molecule has 6 heteroatoms. The van der Waals surface area contributed by atoms with Crippen molar-refractivity contribution >= 4 is 29.0 Å². The van der Waals surface area contributed by atoms with Crippen LogP contribution in [-0.4, -0.2) is 29.3 Å². The third kappa shape index (κ3) is 4.19. The zero-order valence-corrected chi connectivity index (χ0v) is 18.5. The summed E-state index contributed by atoms with van der Waals surface area (Å²) in [4.78, 5) is 17.4. The minimum atomic E-state index is 0.120. The van der Waals surface area contributed by atoms with E-state index in [4.69, 9.17) is 9.72 Å². The van der Waals surface area contributed by atoms with E-state index < -0.39 is 0 Å². The van der Waals surface area contributed by atoms with Gasteiger partial charge in [0.2, 0.25) is 5.91 Å². The molecule has 6 rings (SSSR count). The average molecular weight is 429 g/mol. The maximum Gasteiger partial charge on any atom is 0.230 e. The quantitative estimate of drug-likeness (QED) is 0.664. The molecule has 2 aromatic rings. The molecule has 0 unspecified atom stereocenters. The van der Waals surface area contributed by atoms with Crippen molar-refractivity contribution in [3.8, 4) is 16.3 Å². The van der Waals surface area contributed by atoms with Crippen molar-refractivity contribution in [3.63, 3.8) is 0 Å². The smallest absolute Gasteiger partial charge is 0.230 e. The van der Waals surface area contributed by atoms with Crippen LogP contribution in [0.25, 0.3) is 10.6 Å². The molecule has 4 saturated carbocycles. The van der Waals surface area contributed by atoms with Gasteiger partial charge < -0.3 is 10.1 Å². The van der Waals surface area contributed by atoms with Crippen LogP contribution >= 0.6 is 23.1 Å². The maximum absolute atomic E-state index is 12.6. The van der Waals surface area contributed by atoms with Gasteiger partial charge in [-0.25, -0.2) is 4.98 Å². The van der Waals surface area contributed by atoms with Gasteiger partial charge in [-0.15, -0.1) is 23.1 Å². The summed E-state index contributed by atoms with van der Waals surface area (Å²) < 4.78 is 5.21. The van der Waals surface area contributed by atoms with Gasteiger partial charge in [0.05, 0.1) is 18.6 Å². The van der Waals surface area contributed by atoms with Crippen molar-refractivity contribution in [2.75, 3.05) is 12.9 Å². The number of thiazole rings is 1. The van der Waals surface area contributed by atoms with Crippen LogP contribution in [0.15, 0.2) is 29.6 Å². The van der Waals surface area contributed by atoms with Crippen LogP contribution in [0, 0.1) is 17.8 Å². The lowest BCUT2D eigenvalue weighted by Gasteiger charge is -2.56. The number of aromatic nitrogens is 1. The van der Waals surface area contributed by atoms with Crippen molar-refractivity contribution in [2.45, 2.75) is 49.8 Å². The van der Waals surface area contributed by atoms with Crippen molar-refractivity contribution in [1.82, 2.24) is 10.3 Å². The molecule has 4 aliphatic rings. The molecule has 4 fully saturated rings. The van der Waals surface area contributed by atoms with Gasteiger partial charge in [0, 0.05) is 22.2 Å². The topological polar surface area (TPSA) is 51.2 Å². The Morgan fingerprint density at radius 2 is 1.83 bits per heavy atom. The molecule has 4 bridgehead atoms. The number of nitrogens with zero attached hydrogens (tertiary/aromatic N) is 1. The third-order valence-corrected chi connectivity index (χ3v) is 8.72. The molecule has 0 radical (unpaired) electrons. The van der Waals surface area contributed by atoms with Crippen LogP contribution in [0.5, 0.6) is 5.75 Å². The summed E-state index contributed by atoms with van der Waals surface area (Å²) in [6.07, 6.45) is 7.87. The Morgan fingerprint density at radius 3 is 2.45 bits per heavy atom. The number of hydrogen-bond acceptors (Lipinski definition) is 5. The maximum atomic E-state index is 12.6. The first kappa shape index (κ1) is 19.4. The summed E-state index contributed by atoms with van der Waals surface area (Å²) in [6.45, 7) is 0. The zero-order chi connectivity index (χ0) is 19.8. The summed E-state index contributed by atoms with van der Waals surface area (Å²) >= 11 is 3.32. The standard InChI is InChI=1S/C23H28N2O2S2/c1-27-20-4-2-18(3-5-20)22-24-19(13-29-22)12-28-14-21(26)25-23-9-15-6-16(10-23)8-17(7-15)11-23/h2-5,13,15-17H,6-12,14H2,1H3,(H,25,26). The van der Waals surface area contributed by atoms with Crippen LogP contribution in [0.1, 0.15) is 44.2 Å². The summed E-state index contributed by atoms with van der Waals surface area (Å²) in [6, 6.07) is 7.99. The highest BCUT2D eigenvalue weighted by atomic mass is 32.2. The molecule has 4 aliphatic carbocycles.